The van der Waals surface area contributed by atoms with E-state index in [0.29, 0.717) is 10.6 Å². The fourth-order valence-electron chi connectivity index (χ4n) is 4.89. The molecule has 4 aromatic rings. The standard InChI is InChI=1S/C35H35Cl4N3O4S/c1-23-10-13-29(14-11-23)47(45,46)42(28-19-26(36)18-27(37)20-28)22-33(43)41(21-25-12-15-30(38)31(39)16-25)32(34(44)40-35(2,3)4)17-24-8-6-5-7-9-24/h5-16,18-20,32H,17,21-22H2,1-4H3,(H,40,44)/t32-/m0/s1. The molecule has 0 unspecified atom stereocenters. The van der Waals surface area contributed by atoms with Gasteiger partial charge in [-0.2, -0.15) is 0 Å². The normalized spacial score (nSPS) is 12.3. The van der Waals surface area contributed by atoms with Crippen LogP contribution in [0, 0.1) is 6.92 Å². The minimum absolute atomic E-state index is 0.0330. The maximum atomic E-state index is 14.6. The number of nitrogens with one attached hydrogen (secondary N) is 1. The minimum Gasteiger partial charge on any atom is -0.350 e. The summed E-state index contributed by atoms with van der Waals surface area (Å²) >= 11 is 25.1. The first-order chi connectivity index (χ1) is 22.0. The van der Waals surface area contributed by atoms with Gasteiger partial charge >= 0.3 is 0 Å². The number of hydrogen-bond donors (Lipinski definition) is 1. The second kappa shape index (κ2) is 15.3. The van der Waals surface area contributed by atoms with E-state index in [0.717, 1.165) is 15.4 Å². The molecule has 0 radical (unpaired) electrons. The molecule has 0 fully saturated rings. The van der Waals surface area contributed by atoms with Crippen LogP contribution in [0.25, 0.3) is 0 Å². The molecule has 2 amide bonds. The van der Waals surface area contributed by atoms with Crippen LogP contribution in [0.4, 0.5) is 5.69 Å². The van der Waals surface area contributed by atoms with Crippen molar-refractivity contribution in [3.8, 4) is 0 Å². The van der Waals surface area contributed by atoms with Crippen molar-refractivity contribution in [2.24, 2.45) is 0 Å². The molecule has 12 heteroatoms. The third-order valence-corrected chi connectivity index (χ3v) is 10.1. The van der Waals surface area contributed by atoms with Gasteiger partial charge in [0.05, 0.1) is 20.6 Å². The van der Waals surface area contributed by atoms with Gasteiger partial charge in [-0.25, -0.2) is 8.42 Å². The number of carbonyl (C=O) groups excluding carboxylic acids is 2. The fourth-order valence-corrected chi connectivity index (χ4v) is 7.12. The zero-order valence-electron chi connectivity index (χ0n) is 26.3. The Morgan fingerprint density at radius 3 is 1.98 bits per heavy atom. The molecule has 248 valence electrons. The summed E-state index contributed by atoms with van der Waals surface area (Å²) in [6, 6.07) is 23.7. The monoisotopic (exact) mass is 733 g/mol. The van der Waals surface area contributed by atoms with Crippen molar-refractivity contribution in [2.75, 3.05) is 10.8 Å². The van der Waals surface area contributed by atoms with Crippen LogP contribution < -0.4 is 9.62 Å². The molecular formula is C35H35Cl4N3O4S. The summed E-state index contributed by atoms with van der Waals surface area (Å²) in [4.78, 5) is 29.9. The molecule has 0 heterocycles. The number of sulfonamides is 1. The molecule has 1 atom stereocenters. The summed E-state index contributed by atoms with van der Waals surface area (Å²) in [6.07, 6.45) is 0.156. The van der Waals surface area contributed by atoms with Crippen molar-refractivity contribution < 1.29 is 18.0 Å². The van der Waals surface area contributed by atoms with E-state index >= 15 is 0 Å². The molecule has 1 N–H and O–H groups in total. The Bertz CT molecular complexity index is 1830. The highest BCUT2D eigenvalue weighted by Crippen LogP contribution is 2.31. The molecule has 0 spiro atoms. The van der Waals surface area contributed by atoms with Crippen LogP contribution >= 0.6 is 46.4 Å². The van der Waals surface area contributed by atoms with Gasteiger partial charge in [0.2, 0.25) is 11.8 Å². The number of amides is 2. The Morgan fingerprint density at radius 2 is 1.40 bits per heavy atom. The zero-order valence-corrected chi connectivity index (χ0v) is 30.1. The summed E-state index contributed by atoms with van der Waals surface area (Å²) in [5.41, 5.74) is 1.72. The minimum atomic E-state index is -4.32. The van der Waals surface area contributed by atoms with Crippen molar-refractivity contribution in [1.82, 2.24) is 10.2 Å². The van der Waals surface area contributed by atoms with Gasteiger partial charge in [-0.05, 0) is 81.3 Å². The predicted molar refractivity (Wildman–Crippen MR) is 191 cm³/mol. The van der Waals surface area contributed by atoms with E-state index in [1.807, 2.05) is 58.0 Å². The lowest BCUT2D eigenvalue weighted by atomic mass is 10.0. The van der Waals surface area contributed by atoms with Crippen molar-refractivity contribution in [3.63, 3.8) is 0 Å². The van der Waals surface area contributed by atoms with Crippen LogP contribution in [0.1, 0.15) is 37.5 Å². The summed E-state index contributed by atoms with van der Waals surface area (Å²) in [7, 11) is -4.32. The molecule has 7 nitrogen and oxygen atoms in total. The summed E-state index contributed by atoms with van der Waals surface area (Å²) in [6.45, 7) is 6.63. The van der Waals surface area contributed by atoms with Gasteiger partial charge in [-0.1, -0.05) is 100 Å². The van der Waals surface area contributed by atoms with Gasteiger partial charge in [0.1, 0.15) is 12.6 Å². The molecule has 0 aromatic heterocycles. The van der Waals surface area contributed by atoms with Crippen molar-refractivity contribution in [3.05, 3.63) is 128 Å². The van der Waals surface area contributed by atoms with Crippen molar-refractivity contribution in [2.45, 2.75) is 57.1 Å². The van der Waals surface area contributed by atoms with Crippen LogP contribution in [0.2, 0.25) is 20.1 Å². The highest BCUT2D eigenvalue weighted by Gasteiger charge is 2.36. The largest absolute Gasteiger partial charge is 0.350 e. The highest BCUT2D eigenvalue weighted by molar-refractivity contribution is 7.92. The molecule has 4 rings (SSSR count). The van der Waals surface area contributed by atoms with E-state index in [2.05, 4.69) is 5.32 Å². The first kappa shape index (κ1) is 36.6. The third kappa shape index (κ3) is 9.87. The average Bonchev–Trinajstić information content (AvgIpc) is 2.98. The van der Waals surface area contributed by atoms with E-state index < -0.39 is 40.0 Å². The number of anilines is 1. The third-order valence-electron chi connectivity index (χ3n) is 7.13. The first-order valence-corrected chi connectivity index (χ1v) is 17.6. The Hall–Kier alpha value is -3.27. The number of carbonyl (C=O) groups is 2. The summed E-state index contributed by atoms with van der Waals surface area (Å²) in [5, 5.41) is 3.96. The molecule has 0 aliphatic carbocycles. The molecule has 0 aliphatic rings. The SMILES string of the molecule is Cc1ccc(S(=O)(=O)N(CC(=O)N(Cc2ccc(Cl)c(Cl)c2)[C@@H](Cc2ccccc2)C(=O)NC(C)(C)C)c2cc(Cl)cc(Cl)c2)cc1. The molecule has 47 heavy (non-hydrogen) atoms. The van der Waals surface area contributed by atoms with E-state index in [1.165, 1.54) is 35.2 Å². The van der Waals surface area contributed by atoms with Gasteiger partial charge in [0.15, 0.2) is 0 Å². The van der Waals surface area contributed by atoms with Crippen LogP contribution in [0.15, 0.2) is 95.9 Å². The molecule has 0 bridgehead atoms. The summed E-state index contributed by atoms with van der Waals surface area (Å²) < 4.78 is 29.4. The lowest BCUT2D eigenvalue weighted by Gasteiger charge is -2.35. The lowest BCUT2D eigenvalue weighted by Crippen LogP contribution is -2.56. The van der Waals surface area contributed by atoms with Gasteiger partial charge < -0.3 is 10.2 Å². The number of benzene rings is 4. The zero-order chi connectivity index (χ0) is 34.5. The molecule has 0 saturated carbocycles. The van der Waals surface area contributed by atoms with Crippen molar-refractivity contribution >= 4 is 73.9 Å². The highest BCUT2D eigenvalue weighted by atomic mass is 35.5. The molecule has 4 aromatic carbocycles. The number of halogens is 4. The van der Waals surface area contributed by atoms with E-state index in [1.54, 1.807) is 30.3 Å². The smallest absolute Gasteiger partial charge is 0.264 e. The predicted octanol–water partition coefficient (Wildman–Crippen LogP) is 8.36. The number of nitrogens with zero attached hydrogens (tertiary/aromatic N) is 2. The second-order valence-electron chi connectivity index (χ2n) is 12.2. The maximum absolute atomic E-state index is 14.6. The second-order valence-corrected chi connectivity index (χ2v) is 15.7. The number of hydrogen-bond acceptors (Lipinski definition) is 4. The van der Waals surface area contributed by atoms with Crippen LogP contribution in [0.3, 0.4) is 0 Å². The molecule has 0 aliphatic heterocycles. The molecular weight excluding hydrogens is 700 g/mol. The van der Waals surface area contributed by atoms with E-state index in [-0.39, 0.29) is 38.6 Å². The fraction of sp³-hybridized carbons (Fsp3) is 0.257. The summed E-state index contributed by atoms with van der Waals surface area (Å²) in [5.74, 6) is -1.05. The van der Waals surface area contributed by atoms with Crippen LogP contribution in [-0.2, 0) is 32.6 Å². The van der Waals surface area contributed by atoms with Gasteiger partial charge in [-0.3, -0.25) is 13.9 Å². The first-order valence-electron chi connectivity index (χ1n) is 14.7. The van der Waals surface area contributed by atoms with Crippen LogP contribution in [0.5, 0.6) is 0 Å². The van der Waals surface area contributed by atoms with Gasteiger partial charge in [0.25, 0.3) is 10.0 Å². The van der Waals surface area contributed by atoms with E-state index in [4.69, 9.17) is 46.4 Å². The van der Waals surface area contributed by atoms with E-state index in [9.17, 15) is 18.0 Å². The Labute approximate surface area is 296 Å². The molecule has 0 saturated heterocycles. The Balaban J connectivity index is 1.86. The van der Waals surface area contributed by atoms with Gasteiger partial charge in [-0.15, -0.1) is 0 Å². The van der Waals surface area contributed by atoms with Gasteiger partial charge in [0, 0.05) is 28.5 Å². The van der Waals surface area contributed by atoms with Crippen molar-refractivity contribution in [1.29, 1.82) is 0 Å². The quantitative estimate of drug-likeness (QED) is 0.168. The van der Waals surface area contributed by atoms with Crippen LogP contribution in [-0.4, -0.2) is 43.3 Å². The number of rotatable bonds is 11. The maximum Gasteiger partial charge on any atom is 0.264 e. The number of aryl methyl sites for hydroxylation is 1. The average molecular weight is 736 g/mol. The Morgan fingerprint density at radius 1 is 0.787 bits per heavy atom. The lowest BCUT2D eigenvalue weighted by molar-refractivity contribution is -0.140. The Kier molecular flexibility index (Phi) is 11.9. The topological polar surface area (TPSA) is 86.8 Å².